The Morgan fingerprint density at radius 3 is 2.64 bits per heavy atom. The maximum atomic E-state index is 12.0. The molecular formula is C12H11N7O3. The molecule has 10 nitrogen and oxygen atoms in total. The normalized spacial score (nSPS) is 10.6. The molecule has 2 N–H and O–H groups in total. The standard InChI is InChI=1S/C12H11N7O3/c1-6-3-7(2)15-11(14-6)19-9(20)4-8(18-19)10(21)16-12-17-13-5-22-12/h3-5,18H,1-2H3,(H,16,17,21). The fourth-order valence-electron chi connectivity index (χ4n) is 1.86. The second-order valence-corrected chi connectivity index (χ2v) is 4.49. The molecule has 0 aliphatic heterocycles. The van der Waals surface area contributed by atoms with E-state index in [4.69, 9.17) is 4.42 Å². The van der Waals surface area contributed by atoms with E-state index in [0.717, 1.165) is 17.1 Å². The van der Waals surface area contributed by atoms with Gasteiger partial charge in [-0.05, 0) is 19.9 Å². The Hall–Kier alpha value is -3.30. The third kappa shape index (κ3) is 2.61. The van der Waals surface area contributed by atoms with Gasteiger partial charge in [0.25, 0.3) is 17.4 Å². The van der Waals surface area contributed by atoms with Gasteiger partial charge in [0.1, 0.15) is 5.69 Å². The summed E-state index contributed by atoms with van der Waals surface area (Å²) in [6.45, 7) is 3.57. The molecule has 1 amide bonds. The topological polar surface area (TPSA) is 132 Å². The first kappa shape index (κ1) is 13.7. The fourth-order valence-corrected chi connectivity index (χ4v) is 1.86. The van der Waals surface area contributed by atoms with E-state index in [-0.39, 0.29) is 17.7 Å². The Balaban J connectivity index is 1.93. The molecule has 3 aromatic rings. The summed E-state index contributed by atoms with van der Waals surface area (Å²) in [5.41, 5.74) is 0.980. The molecule has 3 heterocycles. The van der Waals surface area contributed by atoms with Crippen LogP contribution < -0.4 is 10.9 Å². The van der Waals surface area contributed by atoms with Crippen molar-refractivity contribution in [2.24, 2.45) is 0 Å². The number of aryl methyl sites for hydroxylation is 2. The average Bonchev–Trinajstić information content (AvgIpc) is 3.07. The highest BCUT2D eigenvalue weighted by Gasteiger charge is 2.15. The van der Waals surface area contributed by atoms with Crippen molar-refractivity contribution in [2.75, 3.05) is 5.32 Å². The van der Waals surface area contributed by atoms with Gasteiger partial charge in [-0.3, -0.25) is 20.0 Å². The van der Waals surface area contributed by atoms with Crippen LogP contribution in [0.4, 0.5) is 6.01 Å². The summed E-state index contributed by atoms with van der Waals surface area (Å²) < 4.78 is 5.89. The molecule has 0 atom stereocenters. The van der Waals surface area contributed by atoms with Crippen LogP contribution in [0, 0.1) is 13.8 Å². The van der Waals surface area contributed by atoms with Gasteiger partial charge in [-0.15, -0.1) is 5.10 Å². The van der Waals surface area contributed by atoms with E-state index in [2.05, 4.69) is 30.6 Å². The van der Waals surface area contributed by atoms with Crippen molar-refractivity contribution in [1.82, 2.24) is 29.9 Å². The molecule has 0 aliphatic carbocycles. The quantitative estimate of drug-likeness (QED) is 0.706. The Kier molecular flexibility index (Phi) is 3.26. The van der Waals surface area contributed by atoms with Crippen LogP contribution in [-0.4, -0.2) is 35.9 Å². The lowest BCUT2D eigenvalue weighted by atomic mass is 10.4. The number of nitrogens with zero attached hydrogens (tertiary/aromatic N) is 5. The number of aromatic nitrogens is 6. The molecular weight excluding hydrogens is 290 g/mol. The molecule has 10 heteroatoms. The fraction of sp³-hybridized carbons (Fsp3) is 0.167. The zero-order valence-corrected chi connectivity index (χ0v) is 11.7. The third-order valence-electron chi connectivity index (χ3n) is 2.72. The van der Waals surface area contributed by atoms with Crippen molar-refractivity contribution in [3.8, 4) is 5.95 Å². The Bertz CT molecular complexity index is 858. The van der Waals surface area contributed by atoms with E-state index >= 15 is 0 Å². The van der Waals surface area contributed by atoms with Gasteiger partial charge in [-0.2, -0.15) is 4.68 Å². The Morgan fingerprint density at radius 2 is 2.00 bits per heavy atom. The number of hydrogen-bond acceptors (Lipinski definition) is 7. The Labute approximate surface area is 123 Å². The molecule has 0 saturated heterocycles. The predicted molar refractivity (Wildman–Crippen MR) is 73.7 cm³/mol. The summed E-state index contributed by atoms with van der Waals surface area (Å²) in [5.74, 6) is -0.427. The van der Waals surface area contributed by atoms with E-state index in [1.807, 2.05) is 0 Å². The second kappa shape index (κ2) is 5.24. The smallest absolute Gasteiger partial charge is 0.322 e. The summed E-state index contributed by atoms with van der Waals surface area (Å²) in [4.78, 5) is 32.3. The summed E-state index contributed by atoms with van der Waals surface area (Å²) >= 11 is 0. The molecule has 0 aromatic carbocycles. The van der Waals surface area contributed by atoms with Crippen LogP contribution in [0.3, 0.4) is 0 Å². The molecule has 112 valence electrons. The molecule has 3 rings (SSSR count). The number of carbonyl (C=O) groups is 1. The summed E-state index contributed by atoms with van der Waals surface area (Å²) in [6.07, 6.45) is 1.08. The number of anilines is 1. The predicted octanol–water partition coefficient (Wildman–Crippen LogP) is 0.208. The molecule has 0 bridgehead atoms. The third-order valence-corrected chi connectivity index (χ3v) is 2.72. The molecule has 0 radical (unpaired) electrons. The monoisotopic (exact) mass is 301 g/mol. The maximum Gasteiger partial charge on any atom is 0.322 e. The number of nitrogens with one attached hydrogen (secondary N) is 2. The van der Waals surface area contributed by atoms with Crippen molar-refractivity contribution < 1.29 is 9.21 Å². The van der Waals surface area contributed by atoms with Gasteiger partial charge in [-0.1, -0.05) is 5.10 Å². The van der Waals surface area contributed by atoms with E-state index in [9.17, 15) is 9.59 Å². The van der Waals surface area contributed by atoms with Gasteiger partial charge < -0.3 is 4.42 Å². The number of carbonyl (C=O) groups excluding carboxylic acids is 1. The lowest BCUT2D eigenvalue weighted by molar-refractivity contribution is 0.101. The molecule has 3 aromatic heterocycles. The van der Waals surface area contributed by atoms with Crippen molar-refractivity contribution in [3.05, 3.63) is 46.0 Å². The summed E-state index contributed by atoms with van der Waals surface area (Å²) in [5, 5.41) is 11.9. The second-order valence-electron chi connectivity index (χ2n) is 4.49. The maximum absolute atomic E-state index is 12.0. The first-order chi connectivity index (χ1) is 10.5. The first-order valence-corrected chi connectivity index (χ1v) is 6.25. The molecule has 22 heavy (non-hydrogen) atoms. The highest BCUT2D eigenvalue weighted by Crippen LogP contribution is 2.05. The highest BCUT2D eigenvalue weighted by atomic mass is 16.4. The van der Waals surface area contributed by atoms with Gasteiger partial charge in [0.2, 0.25) is 6.39 Å². The molecule has 0 fully saturated rings. The number of rotatable bonds is 3. The average molecular weight is 301 g/mol. The molecule has 0 spiro atoms. The van der Waals surface area contributed by atoms with E-state index in [1.54, 1.807) is 19.9 Å². The number of hydrogen-bond donors (Lipinski definition) is 2. The van der Waals surface area contributed by atoms with Crippen molar-refractivity contribution in [3.63, 3.8) is 0 Å². The van der Waals surface area contributed by atoms with Crippen LogP contribution in [0.25, 0.3) is 5.95 Å². The zero-order valence-electron chi connectivity index (χ0n) is 11.7. The van der Waals surface area contributed by atoms with Gasteiger partial charge in [0.05, 0.1) is 0 Å². The van der Waals surface area contributed by atoms with E-state index < -0.39 is 11.5 Å². The molecule has 0 unspecified atom stereocenters. The summed E-state index contributed by atoms with van der Waals surface area (Å²) in [7, 11) is 0. The van der Waals surface area contributed by atoms with Crippen LogP contribution in [-0.2, 0) is 0 Å². The molecule has 0 aliphatic rings. The van der Waals surface area contributed by atoms with Crippen molar-refractivity contribution in [1.29, 1.82) is 0 Å². The van der Waals surface area contributed by atoms with E-state index in [1.165, 1.54) is 0 Å². The first-order valence-electron chi connectivity index (χ1n) is 6.25. The van der Waals surface area contributed by atoms with Crippen LogP contribution in [0.1, 0.15) is 21.9 Å². The lowest BCUT2D eigenvalue weighted by Gasteiger charge is -2.03. The summed E-state index contributed by atoms with van der Waals surface area (Å²) in [6, 6.07) is 2.84. The number of amides is 1. The largest absolute Gasteiger partial charge is 0.411 e. The van der Waals surface area contributed by atoms with Crippen LogP contribution in [0.2, 0.25) is 0 Å². The SMILES string of the molecule is Cc1cc(C)nc(-n2[nH]c(C(=O)Nc3nnco3)cc2=O)n1. The minimum Gasteiger partial charge on any atom is -0.411 e. The lowest BCUT2D eigenvalue weighted by Crippen LogP contribution is -2.17. The molecule has 0 saturated carbocycles. The van der Waals surface area contributed by atoms with Gasteiger partial charge in [-0.25, -0.2) is 9.97 Å². The minimum atomic E-state index is -0.593. The van der Waals surface area contributed by atoms with Crippen LogP contribution in [0.15, 0.2) is 27.7 Å². The highest BCUT2D eigenvalue weighted by molar-refractivity contribution is 6.01. The van der Waals surface area contributed by atoms with Gasteiger partial charge in [0.15, 0.2) is 0 Å². The van der Waals surface area contributed by atoms with Crippen molar-refractivity contribution in [2.45, 2.75) is 13.8 Å². The van der Waals surface area contributed by atoms with Gasteiger partial charge in [0, 0.05) is 17.5 Å². The van der Waals surface area contributed by atoms with Crippen LogP contribution in [0.5, 0.6) is 0 Å². The number of aromatic amines is 1. The van der Waals surface area contributed by atoms with E-state index in [0.29, 0.717) is 11.4 Å². The number of H-pyrrole nitrogens is 1. The van der Waals surface area contributed by atoms with Crippen molar-refractivity contribution >= 4 is 11.9 Å². The zero-order chi connectivity index (χ0) is 15.7. The minimum absolute atomic E-state index is 0.0194. The van der Waals surface area contributed by atoms with Gasteiger partial charge >= 0.3 is 6.01 Å². The Morgan fingerprint density at radius 1 is 1.27 bits per heavy atom. The van der Waals surface area contributed by atoms with Crippen LogP contribution >= 0.6 is 0 Å².